The summed E-state index contributed by atoms with van der Waals surface area (Å²) in [6, 6.07) is 0. The molecule has 0 spiro atoms. The van der Waals surface area contributed by atoms with E-state index in [1.165, 1.54) is 31.3 Å². The van der Waals surface area contributed by atoms with Crippen LogP contribution >= 0.6 is 0 Å². The van der Waals surface area contributed by atoms with Gasteiger partial charge in [0.05, 0.1) is 0 Å². The van der Waals surface area contributed by atoms with E-state index in [2.05, 4.69) is 27.7 Å². The zero-order valence-corrected chi connectivity index (χ0v) is 16.6. The fraction of sp³-hybridized carbons (Fsp3) is 0.826. The van der Waals surface area contributed by atoms with Crippen LogP contribution in [0.15, 0.2) is 11.6 Å². The smallest absolute Gasteiger partial charge is 0.155 e. The van der Waals surface area contributed by atoms with E-state index < -0.39 is 0 Å². The van der Waals surface area contributed by atoms with Crippen LogP contribution in [0.25, 0.3) is 0 Å². The summed E-state index contributed by atoms with van der Waals surface area (Å²) in [7, 11) is 0. The van der Waals surface area contributed by atoms with Crippen molar-refractivity contribution in [2.45, 2.75) is 73.1 Å². The van der Waals surface area contributed by atoms with E-state index in [4.69, 9.17) is 0 Å². The van der Waals surface area contributed by atoms with Crippen molar-refractivity contribution in [3.8, 4) is 0 Å². The number of ketones is 2. The zero-order valence-electron chi connectivity index (χ0n) is 16.6. The maximum atomic E-state index is 12.4. The van der Waals surface area contributed by atoms with Gasteiger partial charge >= 0.3 is 0 Å². The Morgan fingerprint density at radius 2 is 1.84 bits per heavy atom. The predicted molar refractivity (Wildman–Crippen MR) is 100.0 cm³/mol. The largest absolute Gasteiger partial charge is 0.300 e. The molecule has 3 fully saturated rings. The lowest BCUT2D eigenvalue weighted by molar-refractivity contribution is -0.130. The summed E-state index contributed by atoms with van der Waals surface area (Å²) >= 11 is 0. The van der Waals surface area contributed by atoms with Crippen LogP contribution in [0.5, 0.6) is 0 Å². The molecule has 0 aromatic rings. The van der Waals surface area contributed by atoms with Crippen LogP contribution < -0.4 is 0 Å². The van der Waals surface area contributed by atoms with Crippen LogP contribution in [0.4, 0.5) is 0 Å². The average molecular weight is 343 g/mol. The number of hydrogen-bond acceptors (Lipinski definition) is 2. The van der Waals surface area contributed by atoms with Gasteiger partial charge in [0.2, 0.25) is 0 Å². The molecule has 4 aliphatic carbocycles. The van der Waals surface area contributed by atoms with Gasteiger partial charge in [-0.15, -0.1) is 0 Å². The van der Waals surface area contributed by atoms with Gasteiger partial charge in [-0.2, -0.15) is 0 Å². The first kappa shape index (κ1) is 17.5. The summed E-state index contributed by atoms with van der Waals surface area (Å²) in [5.74, 6) is 4.18. The van der Waals surface area contributed by atoms with Crippen molar-refractivity contribution in [1.82, 2.24) is 0 Å². The van der Waals surface area contributed by atoms with E-state index in [9.17, 15) is 9.59 Å². The molecule has 25 heavy (non-hydrogen) atoms. The third kappa shape index (κ3) is 2.28. The topological polar surface area (TPSA) is 34.1 Å². The molecular formula is C23H34O2. The second kappa shape index (κ2) is 5.54. The van der Waals surface area contributed by atoms with Gasteiger partial charge in [0.1, 0.15) is 5.78 Å². The molecule has 0 aliphatic heterocycles. The first-order chi connectivity index (χ1) is 11.7. The van der Waals surface area contributed by atoms with Crippen molar-refractivity contribution in [2.75, 3.05) is 0 Å². The highest BCUT2D eigenvalue weighted by Crippen LogP contribution is 2.68. The SMILES string of the molecule is CC(=O)C1[C@H](C)CC2C3C[C@H](C)C4=CC(=O)CCC4(C)C3CCC21C. The van der Waals surface area contributed by atoms with Crippen molar-refractivity contribution in [1.29, 1.82) is 0 Å². The summed E-state index contributed by atoms with van der Waals surface area (Å²) in [5.41, 5.74) is 1.87. The second-order valence-electron chi connectivity index (χ2n) is 10.3. The monoisotopic (exact) mass is 342 g/mol. The number of hydrogen-bond donors (Lipinski definition) is 0. The standard InChI is InChI=1S/C23H34O2/c1-13-10-17-18(22(4)8-6-16(25)12-19(13)22)7-9-23(5)20(17)11-14(2)21(23)15(3)24/h12-14,17-18,20-21H,6-11H2,1-5H3/t13-,14+,17?,18?,20?,21?,22?,23?/m0/s1. The predicted octanol–water partition coefficient (Wildman–Crippen LogP) is 5.22. The molecule has 0 amide bonds. The first-order valence-corrected chi connectivity index (χ1v) is 10.4. The van der Waals surface area contributed by atoms with E-state index in [1.54, 1.807) is 0 Å². The Morgan fingerprint density at radius 1 is 1.12 bits per heavy atom. The fourth-order valence-electron chi connectivity index (χ4n) is 8.21. The van der Waals surface area contributed by atoms with Crippen LogP contribution in [0, 0.1) is 46.3 Å². The number of carbonyl (C=O) groups excluding carboxylic acids is 2. The molecule has 0 bridgehead atoms. The molecule has 4 rings (SSSR count). The summed E-state index contributed by atoms with van der Waals surface area (Å²) in [4.78, 5) is 24.5. The van der Waals surface area contributed by atoms with Crippen LogP contribution in [-0.2, 0) is 9.59 Å². The van der Waals surface area contributed by atoms with Crippen molar-refractivity contribution in [3.63, 3.8) is 0 Å². The van der Waals surface area contributed by atoms with Crippen LogP contribution in [0.2, 0.25) is 0 Å². The molecule has 4 aliphatic rings. The Hall–Kier alpha value is -0.920. The number of carbonyl (C=O) groups is 2. The number of fused-ring (bicyclic) bond motifs is 5. The first-order valence-electron chi connectivity index (χ1n) is 10.4. The highest BCUT2D eigenvalue weighted by molar-refractivity contribution is 5.91. The molecular weight excluding hydrogens is 308 g/mol. The Kier molecular flexibility index (Phi) is 3.87. The minimum atomic E-state index is 0.203. The van der Waals surface area contributed by atoms with Gasteiger partial charge in [-0.1, -0.05) is 33.3 Å². The second-order valence-corrected chi connectivity index (χ2v) is 10.3. The third-order valence-electron chi connectivity index (χ3n) is 9.06. The van der Waals surface area contributed by atoms with Crippen LogP contribution in [0.1, 0.15) is 73.1 Å². The molecule has 0 N–H and O–H groups in total. The average Bonchev–Trinajstić information content (AvgIpc) is 2.80. The lowest BCUT2D eigenvalue weighted by Gasteiger charge is -2.59. The summed E-state index contributed by atoms with van der Waals surface area (Å²) < 4.78 is 0. The van der Waals surface area contributed by atoms with E-state index in [0.29, 0.717) is 35.2 Å². The minimum absolute atomic E-state index is 0.203. The molecule has 8 atom stereocenters. The van der Waals surface area contributed by atoms with Crippen molar-refractivity contribution >= 4 is 11.6 Å². The van der Waals surface area contributed by atoms with E-state index in [1.807, 2.05) is 13.0 Å². The number of rotatable bonds is 1. The number of allylic oxidation sites excluding steroid dienone is 1. The summed E-state index contributed by atoms with van der Waals surface area (Å²) in [5, 5.41) is 0. The molecule has 0 saturated heterocycles. The summed E-state index contributed by atoms with van der Waals surface area (Å²) in [6.07, 6.45) is 8.65. The Balaban J connectivity index is 1.73. The van der Waals surface area contributed by atoms with Gasteiger partial charge < -0.3 is 0 Å². The maximum Gasteiger partial charge on any atom is 0.155 e. The van der Waals surface area contributed by atoms with Crippen LogP contribution in [0.3, 0.4) is 0 Å². The van der Waals surface area contributed by atoms with Crippen molar-refractivity contribution < 1.29 is 9.59 Å². The molecule has 138 valence electrons. The Labute approximate surface area is 152 Å². The molecule has 0 aromatic heterocycles. The lowest BCUT2D eigenvalue weighted by Crippen LogP contribution is -2.52. The molecule has 2 nitrogen and oxygen atoms in total. The third-order valence-corrected chi connectivity index (χ3v) is 9.06. The minimum Gasteiger partial charge on any atom is -0.300 e. The van der Waals surface area contributed by atoms with Crippen LogP contribution in [-0.4, -0.2) is 11.6 Å². The van der Waals surface area contributed by atoms with E-state index in [-0.39, 0.29) is 16.7 Å². The van der Waals surface area contributed by atoms with E-state index in [0.717, 1.165) is 18.8 Å². The molecule has 6 unspecified atom stereocenters. The van der Waals surface area contributed by atoms with Gasteiger partial charge in [-0.25, -0.2) is 0 Å². The van der Waals surface area contributed by atoms with Gasteiger partial charge in [-0.05, 0) is 85.5 Å². The molecule has 3 saturated carbocycles. The molecule has 0 heterocycles. The van der Waals surface area contributed by atoms with Gasteiger partial charge in [-0.3, -0.25) is 9.59 Å². The highest BCUT2D eigenvalue weighted by atomic mass is 16.1. The summed E-state index contributed by atoms with van der Waals surface area (Å²) in [6.45, 7) is 11.3. The highest BCUT2D eigenvalue weighted by Gasteiger charge is 2.62. The van der Waals surface area contributed by atoms with E-state index >= 15 is 0 Å². The Morgan fingerprint density at radius 3 is 2.52 bits per heavy atom. The molecule has 2 heteroatoms. The van der Waals surface area contributed by atoms with Gasteiger partial charge in [0, 0.05) is 12.3 Å². The molecule has 0 aromatic carbocycles. The Bertz CT molecular complexity index is 646. The lowest BCUT2D eigenvalue weighted by atomic mass is 9.45. The number of Topliss-reactive ketones (excluding diaryl/α,β-unsaturated/α-hetero) is 1. The van der Waals surface area contributed by atoms with Gasteiger partial charge in [0.15, 0.2) is 5.78 Å². The fourth-order valence-corrected chi connectivity index (χ4v) is 8.21. The zero-order chi connectivity index (χ0) is 18.1. The van der Waals surface area contributed by atoms with Gasteiger partial charge in [0.25, 0.3) is 0 Å². The quantitative estimate of drug-likeness (QED) is 0.655. The maximum absolute atomic E-state index is 12.4. The normalized spacial score (nSPS) is 52.0. The van der Waals surface area contributed by atoms with Crippen molar-refractivity contribution in [3.05, 3.63) is 11.6 Å². The van der Waals surface area contributed by atoms with Crippen molar-refractivity contribution in [2.24, 2.45) is 46.3 Å². The molecule has 0 radical (unpaired) electrons.